The van der Waals surface area contributed by atoms with Gasteiger partial charge < -0.3 is 14.9 Å². The summed E-state index contributed by atoms with van der Waals surface area (Å²) in [5.74, 6) is 0. The Bertz CT molecular complexity index is 1180. The van der Waals surface area contributed by atoms with Crippen LogP contribution >= 0.6 is 0 Å². The molecule has 0 aromatic heterocycles. The molecule has 0 spiro atoms. The topological polar surface area (TPSA) is 0 Å². The molecule has 0 atom stereocenters. The van der Waals surface area contributed by atoms with E-state index in [9.17, 15) is 0 Å². The standard InChI is InChI=1S/C10H14.4C8H10.C2H6.2CH3.W/c1-7-5-9(3)10(4)6-8(7)2;4*1-7-5-3-4-6-8(7)2;1-2;;;/h5-6H,1-4H3;4*3-6H,1-2H3;1-2H3;2*1H3;/q;;;;;;2*-1;+2. The van der Waals surface area contributed by atoms with Crippen LogP contribution in [-0.4, -0.2) is 0 Å². The molecule has 1 heteroatoms. The van der Waals surface area contributed by atoms with E-state index in [1.54, 1.807) is 0 Å². The third-order valence-electron chi connectivity index (χ3n) is 7.81. The largest absolute Gasteiger partial charge is 2.00 e. The van der Waals surface area contributed by atoms with Crippen molar-refractivity contribution in [3.63, 3.8) is 0 Å². The molecule has 0 bridgehead atoms. The Morgan fingerprint density at radius 3 is 0.426 bits per heavy atom. The van der Waals surface area contributed by atoms with Gasteiger partial charge in [0.1, 0.15) is 0 Å². The van der Waals surface area contributed by atoms with Crippen molar-refractivity contribution >= 4 is 0 Å². The molecule has 0 aliphatic rings. The first-order valence-corrected chi connectivity index (χ1v) is 16.0. The van der Waals surface area contributed by atoms with Crippen LogP contribution in [0.25, 0.3) is 0 Å². The van der Waals surface area contributed by atoms with Gasteiger partial charge in [0.05, 0.1) is 0 Å². The summed E-state index contributed by atoms with van der Waals surface area (Å²) in [4.78, 5) is 0. The van der Waals surface area contributed by atoms with E-state index in [0.717, 1.165) is 0 Å². The Labute approximate surface area is 307 Å². The zero-order valence-corrected chi connectivity index (χ0v) is 35.7. The van der Waals surface area contributed by atoms with Crippen molar-refractivity contribution < 1.29 is 21.1 Å². The fourth-order valence-electron chi connectivity index (χ4n) is 3.76. The molecule has 0 heterocycles. The van der Waals surface area contributed by atoms with Gasteiger partial charge in [0.2, 0.25) is 0 Å². The minimum Gasteiger partial charge on any atom is -0.358 e. The molecule has 0 N–H and O–H groups in total. The van der Waals surface area contributed by atoms with E-state index >= 15 is 0 Å². The second-order valence-corrected chi connectivity index (χ2v) is 11.4. The van der Waals surface area contributed by atoms with Gasteiger partial charge >= 0.3 is 21.1 Å². The normalized spacial score (nSPS) is 8.55. The number of benzene rings is 5. The Hall–Kier alpha value is -3.21. The fourth-order valence-corrected chi connectivity index (χ4v) is 3.76. The minimum absolute atomic E-state index is 0. The predicted molar refractivity (Wildman–Crippen MR) is 213 cm³/mol. The monoisotopic (exact) mass is 802 g/mol. The Balaban J connectivity index is -0.000000239. The molecule has 0 aliphatic heterocycles. The fraction of sp³-hybridized carbons (Fsp3) is 0.304. The molecule has 47 heavy (non-hydrogen) atoms. The molecule has 0 saturated heterocycles. The summed E-state index contributed by atoms with van der Waals surface area (Å²) in [5.41, 5.74) is 16.5. The zero-order valence-electron chi connectivity index (χ0n) is 32.8. The molecular formula is C46H66W. The van der Waals surface area contributed by atoms with Crippen molar-refractivity contribution in [2.75, 3.05) is 0 Å². The van der Waals surface area contributed by atoms with Crippen LogP contribution in [0.3, 0.4) is 0 Å². The van der Waals surface area contributed by atoms with Crippen LogP contribution in [0.4, 0.5) is 0 Å². The second kappa shape index (κ2) is 29.0. The molecule has 0 nitrogen and oxygen atoms in total. The Morgan fingerprint density at radius 1 is 0.234 bits per heavy atom. The molecule has 5 aromatic rings. The second-order valence-electron chi connectivity index (χ2n) is 11.4. The number of aryl methyl sites for hydroxylation is 12. The van der Waals surface area contributed by atoms with Crippen molar-refractivity contribution in [2.45, 2.75) is 96.9 Å². The maximum atomic E-state index is 2.24. The summed E-state index contributed by atoms with van der Waals surface area (Å²) >= 11 is 0. The van der Waals surface area contributed by atoms with Gasteiger partial charge in [-0.25, -0.2) is 0 Å². The van der Waals surface area contributed by atoms with Crippen LogP contribution in [0.2, 0.25) is 0 Å². The summed E-state index contributed by atoms with van der Waals surface area (Å²) in [6.07, 6.45) is 0. The first-order valence-electron chi connectivity index (χ1n) is 16.0. The van der Waals surface area contributed by atoms with Gasteiger partial charge in [-0.15, -0.1) is 0 Å². The van der Waals surface area contributed by atoms with Gasteiger partial charge in [0.25, 0.3) is 0 Å². The summed E-state index contributed by atoms with van der Waals surface area (Å²) < 4.78 is 0. The number of hydrogen-bond donors (Lipinski definition) is 0. The summed E-state index contributed by atoms with van der Waals surface area (Å²) in [7, 11) is 0. The molecule has 5 rings (SSSR count). The van der Waals surface area contributed by atoms with Crippen molar-refractivity contribution in [2.24, 2.45) is 0 Å². The average Bonchev–Trinajstić information content (AvgIpc) is 3.01. The maximum Gasteiger partial charge on any atom is 2.00 e. The van der Waals surface area contributed by atoms with E-state index in [1.807, 2.05) is 13.8 Å². The third-order valence-corrected chi connectivity index (χ3v) is 7.81. The van der Waals surface area contributed by atoms with Crippen LogP contribution in [0.15, 0.2) is 109 Å². The summed E-state index contributed by atoms with van der Waals surface area (Å²) in [6.45, 7) is 29.6. The van der Waals surface area contributed by atoms with Crippen molar-refractivity contribution in [3.05, 3.63) is 191 Å². The van der Waals surface area contributed by atoms with Crippen LogP contribution in [-0.2, 0) is 21.1 Å². The minimum atomic E-state index is 0. The first-order chi connectivity index (χ1) is 20.8. The zero-order chi connectivity index (χ0) is 33.7. The third kappa shape index (κ3) is 22.1. The van der Waals surface area contributed by atoms with E-state index in [2.05, 4.69) is 192 Å². The maximum absolute atomic E-state index is 2.24. The van der Waals surface area contributed by atoms with Crippen LogP contribution in [0.5, 0.6) is 0 Å². The number of hydrogen-bond acceptors (Lipinski definition) is 0. The van der Waals surface area contributed by atoms with Crippen LogP contribution in [0.1, 0.15) is 80.6 Å². The average molecular weight is 803 g/mol. The SMILES string of the molecule is CC.Cc1cc(C)c(C)cc1C.Cc1ccccc1C.Cc1ccccc1C.Cc1ccccc1C.Cc1ccccc1C.[CH3-].[CH3-].[W+2]. The molecule has 0 fully saturated rings. The molecule has 0 unspecified atom stereocenters. The van der Waals surface area contributed by atoms with Crippen LogP contribution < -0.4 is 0 Å². The van der Waals surface area contributed by atoms with Gasteiger partial charge in [0.15, 0.2) is 0 Å². The quantitative estimate of drug-likeness (QED) is 0.137. The summed E-state index contributed by atoms with van der Waals surface area (Å²) in [5, 5.41) is 0. The van der Waals surface area contributed by atoms with E-state index < -0.39 is 0 Å². The molecule has 0 amide bonds. The van der Waals surface area contributed by atoms with E-state index in [4.69, 9.17) is 0 Å². The van der Waals surface area contributed by atoms with E-state index in [-0.39, 0.29) is 35.9 Å². The molecule has 0 aliphatic carbocycles. The van der Waals surface area contributed by atoms with Crippen molar-refractivity contribution in [1.29, 1.82) is 0 Å². The Kier molecular flexibility index (Phi) is 31.2. The summed E-state index contributed by atoms with van der Waals surface area (Å²) in [6, 6.07) is 37.9. The van der Waals surface area contributed by atoms with Crippen molar-refractivity contribution in [3.8, 4) is 0 Å². The molecule has 0 saturated carbocycles. The van der Waals surface area contributed by atoms with Gasteiger partial charge in [-0.3, -0.25) is 0 Å². The Morgan fingerprint density at radius 2 is 0.340 bits per heavy atom. The van der Waals surface area contributed by atoms with E-state index in [0.29, 0.717) is 0 Å². The molecular weight excluding hydrogens is 736 g/mol. The van der Waals surface area contributed by atoms with Gasteiger partial charge in [-0.05, 0) is 150 Å². The van der Waals surface area contributed by atoms with Gasteiger partial charge in [-0.1, -0.05) is 123 Å². The predicted octanol–water partition coefficient (Wildman–Crippen LogP) is 14.1. The smallest absolute Gasteiger partial charge is 0.358 e. The van der Waals surface area contributed by atoms with Crippen molar-refractivity contribution in [1.82, 2.24) is 0 Å². The van der Waals surface area contributed by atoms with E-state index in [1.165, 1.54) is 66.8 Å². The molecule has 256 valence electrons. The number of rotatable bonds is 0. The molecule has 5 aromatic carbocycles. The molecule has 0 radical (unpaired) electrons. The van der Waals surface area contributed by atoms with Gasteiger partial charge in [-0.2, -0.15) is 0 Å². The van der Waals surface area contributed by atoms with Crippen LogP contribution in [0, 0.1) is 97.9 Å². The van der Waals surface area contributed by atoms with Gasteiger partial charge in [0, 0.05) is 0 Å². The first kappa shape index (κ1) is 50.6.